The summed E-state index contributed by atoms with van der Waals surface area (Å²) in [4.78, 5) is 0. The number of hydrogen-bond donors (Lipinski definition) is 2. The van der Waals surface area contributed by atoms with Crippen molar-refractivity contribution < 1.29 is 17.6 Å². The van der Waals surface area contributed by atoms with Gasteiger partial charge in [0.05, 0.1) is 13.2 Å². The van der Waals surface area contributed by atoms with Gasteiger partial charge in [0.15, 0.2) is 0 Å². The van der Waals surface area contributed by atoms with Gasteiger partial charge < -0.3 is 14.5 Å². The predicted molar refractivity (Wildman–Crippen MR) is 79.4 cm³/mol. The summed E-state index contributed by atoms with van der Waals surface area (Å²) in [6.07, 6.45) is 3.19. The Morgan fingerprint density at radius 2 is 2.14 bits per heavy atom. The summed E-state index contributed by atoms with van der Waals surface area (Å²) < 4.78 is 37.3. The molecule has 21 heavy (non-hydrogen) atoms. The second-order valence-electron chi connectivity index (χ2n) is 5.57. The number of sulfonamides is 1. The van der Waals surface area contributed by atoms with E-state index >= 15 is 0 Å². The van der Waals surface area contributed by atoms with Crippen LogP contribution >= 0.6 is 0 Å². The van der Waals surface area contributed by atoms with E-state index in [1.807, 2.05) is 0 Å². The van der Waals surface area contributed by atoms with Crippen LogP contribution in [-0.2, 0) is 21.3 Å². The first kappa shape index (κ1) is 16.5. The monoisotopic (exact) mass is 316 g/mol. The molecule has 0 radical (unpaired) electrons. The molecule has 0 amide bonds. The summed E-state index contributed by atoms with van der Waals surface area (Å²) in [5, 5.41) is 3.09. The maximum Gasteiger partial charge on any atom is 0.273 e. The van der Waals surface area contributed by atoms with Crippen LogP contribution in [-0.4, -0.2) is 35.2 Å². The molecule has 1 aliphatic carbocycles. The van der Waals surface area contributed by atoms with Crippen molar-refractivity contribution in [2.45, 2.75) is 37.8 Å². The summed E-state index contributed by atoms with van der Waals surface area (Å²) in [7, 11) is -1.91. The fourth-order valence-corrected chi connectivity index (χ4v) is 3.24. The normalized spacial score (nSPS) is 17.0. The molecule has 1 fully saturated rings. The van der Waals surface area contributed by atoms with Gasteiger partial charge in [0, 0.05) is 20.2 Å². The molecule has 0 atom stereocenters. The van der Waals surface area contributed by atoms with Crippen molar-refractivity contribution in [1.82, 2.24) is 10.0 Å². The van der Waals surface area contributed by atoms with E-state index in [1.165, 1.54) is 6.07 Å². The quantitative estimate of drug-likeness (QED) is 0.639. The van der Waals surface area contributed by atoms with Crippen LogP contribution in [0.5, 0.6) is 0 Å². The van der Waals surface area contributed by atoms with Gasteiger partial charge in [-0.05, 0) is 36.8 Å². The van der Waals surface area contributed by atoms with Gasteiger partial charge in [-0.15, -0.1) is 0 Å². The van der Waals surface area contributed by atoms with Gasteiger partial charge in [-0.1, -0.05) is 6.92 Å². The van der Waals surface area contributed by atoms with Gasteiger partial charge in [-0.2, -0.15) is 0 Å². The molecule has 0 aromatic carbocycles. The second-order valence-corrected chi connectivity index (χ2v) is 7.27. The maximum absolute atomic E-state index is 12.2. The van der Waals surface area contributed by atoms with Crippen LogP contribution in [0.4, 0.5) is 0 Å². The second kappa shape index (κ2) is 6.91. The van der Waals surface area contributed by atoms with Crippen LogP contribution in [0.1, 0.15) is 31.9 Å². The zero-order valence-corrected chi connectivity index (χ0v) is 13.5. The van der Waals surface area contributed by atoms with Crippen molar-refractivity contribution in [2.75, 3.05) is 26.8 Å². The molecule has 120 valence electrons. The lowest BCUT2D eigenvalue weighted by Gasteiger charge is -2.12. The Kier molecular flexibility index (Phi) is 5.43. The first-order valence-electron chi connectivity index (χ1n) is 7.29. The molecular weight excluding hydrogens is 292 g/mol. The lowest BCUT2D eigenvalue weighted by Crippen LogP contribution is -2.29. The highest BCUT2D eigenvalue weighted by Gasteiger charge is 2.41. The molecule has 0 spiro atoms. The van der Waals surface area contributed by atoms with Gasteiger partial charge in [0.2, 0.25) is 5.09 Å². The molecule has 7 heteroatoms. The molecule has 1 aromatic rings. The predicted octanol–water partition coefficient (Wildman–Crippen LogP) is 1.48. The minimum atomic E-state index is -3.55. The van der Waals surface area contributed by atoms with Crippen LogP contribution in [0.2, 0.25) is 0 Å². The topological polar surface area (TPSA) is 80.6 Å². The highest BCUT2D eigenvalue weighted by molar-refractivity contribution is 7.89. The molecule has 1 aliphatic rings. The molecule has 2 N–H and O–H groups in total. The Bertz CT molecular complexity index is 549. The van der Waals surface area contributed by atoms with Crippen LogP contribution in [0.25, 0.3) is 0 Å². The average Bonchev–Trinajstić information content (AvgIpc) is 3.10. The number of hydrogen-bond acceptors (Lipinski definition) is 5. The standard InChI is InChI=1S/C14H24N2O4S/c1-3-14(6-7-14)11-16-21(17,18)13-5-4-12(20-13)10-15-8-9-19-2/h4-5,15-16H,3,6-11H2,1-2H3. The average molecular weight is 316 g/mol. The Labute approximate surface area is 126 Å². The summed E-state index contributed by atoms with van der Waals surface area (Å²) >= 11 is 0. The molecule has 0 saturated heterocycles. The van der Waals surface area contributed by atoms with Crippen molar-refractivity contribution >= 4 is 10.0 Å². The minimum absolute atomic E-state index is 0.0158. The maximum atomic E-state index is 12.2. The van der Waals surface area contributed by atoms with Crippen LogP contribution in [0.15, 0.2) is 21.6 Å². The van der Waals surface area contributed by atoms with Crippen molar-refractivity contribution in [3.8, 4) is 0 Å². The van der Waals surface area contributed by atoms with Crippen LogP contribution < -0.4 is 10.0 Å². The molecule has 2 rings (SSSR count). The van der Waals surface area contributed by atoms with E-state index < -0.39 is 10.0 Å². The number of rotatable bonds is 10. The number of methoxy groups -OCH3 is 1. The fraction of sp³-hybridized carbons (Fsp3) is 0.714. The third-order valence-corrected chi connectivity index (χ3v) is 5.30. The Morgan fingerprint density at radius 3 is 2.76 bits per heavy atom. The SMILES string of the molecule is CCC1(CNS(=O)(=O)c2ccc(CNCCOC)o2)CC1. The van der Waals surface area contributed by atoms with E-state index in [0.717, 1.165) is 19.3 Å². The first-order valence-corrected chi connectivity index (χ1v) is 8.78. The largest absolute Gasteiger partial charge is 0.447 e. The highest BCUT2D eigenvalue weighted by Crippen LogP contribution is 2.48. The summed E-state index contributed by atoms with van der Waals surface area (Å²) in [5.41, 5.74) is 0.171. The van der Waals surface area contributed by atoms with E-state index in [2.05, 4.69) is 17.0 Å². The van der Waals surface area contributed by atoms with Gasteiger partial charge in [0.25, 0.3) is 10.0 Å². The minimum Gasteiger partial charge on any atom is -0.447 e. The van der Waals surface area contributed by atoms with E-state index in [-0.39, 0.29) is 10.5 Å². The number of ether oxygens (including phenoxy) is 1. The Balaban J connectivity index is 1.86. The van der Waals surface area contributed by atoms with E-state index in [4.69, 9.17) is 9.15 Å². The van der Waals surface area contributed by atoms with E-state index in [0.29, 0.717) is 32.0 Å². The molecule has 0 aliphatic heterocycles. The summed E-state index contributed by atoms with van der Waals surface area (Å²) in [5.74, 6) is 0.600. The van der Waals surface area contributed by atoms with Crippen molar-refractivity contribution in [1.29, 1.82) is 0 Å². The Hall–Kier alpha value is -0.890. The summed E-state index contributed by atoms with van der Waals surface area (Å²) in [6, 6.07) is 3.18. The van der Waals surface area contributed by atoms with Crippen molar-refractivity contribution in [3.63, 3.8) is 0 Å². The van der Waals surface area contributed by atoms with Crippen LogP contribution in [0, 0.1) is 5.41 Å². The molecule has 1 heterocycles. The van der Waals surface area contributed by atoms with E-state index in [1.54, 1.807) is 13.2 Å². The lowest BCUT2D eigenvalue weighted by molar-refractivity contribution is 0.198. The number of nitrogens with one attached hydrogen (secondary N) is 2. The first-order chi connectivity index (χ1) is 10.0. The molecule has 6 nitrogen and oxygen atoms in total. The summed E-state index contributed by atoms with van der Waals surface area (Å²) in [6.45, 7) is 4.37. The zero-order chi connectivity index (χ0) is 15.3. The smallest absolute Gasteiger partial charge is 0.273 e. The third-order valence-electron chi connectivity index (χ3n) is 4.03. The highest BCUT2D eigenvalue weighted by atomic mass is 32.2. The third kappa shape index (κ3) is 4.54. The number of furan rings is 1. The molecule has 0 unspecified atom stereocenters. The molecule has 1 aromatic heterocycles. The fourth-order valence-electron chi connectivity index (χ4n) is 2.13. The Morgan fingerprint density at radius 1 is 1.38 bits per heavy atom. The molecule has 0 bridgehead atoms. The van der Waals surface area contributed by atoms with E-state index in [9.17, 15) is 8.42 Å². The zero-order valence-electron chi connectivity index (χ0n) is 12.6. The van der Waals surface area contributed by atoms with Crippen molar-refractivity contribution in [2.24, 2.45) is 5.41 Å². The van der Waals surface area contributed by atoms with Crippen molar-refractivity contribution in [3.05, 3.63) is 17.9 Å². The lowest BCUT2D eigenvalue weighted by atomic mass is 10.1. The van der Waals surface area contributed by atoms with Gasteiger partial charge in [-0.3, -0.25) is 0 Å². The molecular formula is C14H24N2O4S. The van der Waals surface area contributed by atoms with Gasteiger partial charge in [-0.25, -0.2) is 13.1 Å². The molecule has 1 saturated carbocycles. The van der Waals surface area contributed by atoms with Gasteiger partial charge >= 0.3 is 0 Å². The van der Waals surface area contributed by atoms with Crippen LogP contribution in [0.3, 0.4) is 0 Å². The van der Waals surface area contributed by atoms with Gasteiger partial charge in [0.1, 0.15) is 5.76 Å².